The number of H-pyrrole nitrogens is 1. The molecule has 3 aromatic rings. The number of piperazine rings is 1. The van der Waals surface area contributed by atoms with Crippen molar-refractivity contribution in [2.24, 2.45) is 0 Å². The maximum atomic E-state index is 12.4. The van der Waals surface area contributed by atoms with Crippen LogP contribution in [0.5, 0.6) is 0 Å². The first-order valence-corrected chi connectivity index (χ1v) is 10.6. The Bertz CT molecular complexity index is 947. The number of amides is 2. The van der Waals surface area contributed by atoms with Crippen molar-refractivity contribution in [3.63, 3.8) is 0 Å². The molecule has 0 saturated carbocycles. The molecule has 0 bridgehead atoms. The lowest BCUT2D eigenvalue weighted by molar-refractivity contribution is 0.0638. The van der Waals surface area contributed by atoms with E-state index in [0.717, 1.165) is 36.5 Å². The van der Waals surface area contributed by atoms with Gasteiger partial charge < -0.3 is 10.2 Å². The lowest BCUT2D eigenvalue weighted by Crippen LogP contribution is -2.50. The highest BCUT2D eigenvalue weighted by atomic mass is 32.1. The van der Waals surface area contributed by atoms with Gasteiger partial charge in [-0.05, 0) is 17.5 Å². The van der Waals surface area contributed by atoms with Gasteiger partial charge in [-0.2, -0.15) is 16.4 Å². The Balaban J connectivity index is 1.21. The molecule has 0 atom stereocenters. The zero-order valence-electron chi connectivity index (χ0n) is 16.0. The standard InChI is InChI=1S/C21H23N5O2S/c27-20(19-14-18(23-24-19)16-4-2-1-3-5-16)22-7-8-25-9-11-26(12-10-25)21(28)17-6-13-29-15-17/h1-6,13-15H,7-12H2,(H,22,27)(H,23,24). The van der Waals surface area contributed by atoms with Crippen molar-refractivity contribution in [1.82, 2.24) is 25.3 Å². The average molecular weight is 410 g/mol. The Hall–Kier alpha value is -2.97. The molecule has 0 radical (unpaired) electrons. The monoisotopic (exact) mass is 409 g/mol. The first-order chi connectivity index (χ1) is 14.2. The van der Waals surface area contributed by atoms with Gasteiger partial charge in [0.25, 0.3) is 11.8 Å². The zero-order chi connectivity index (χ0) is 20.1. The van der Waals surface area contributed by atoms with Crippen molar-refractivity contribution in [3.05, 3.63) is 64.5 Å². The highest BCUT2D eigenvalue weighted by Crippen LogP contribution is 2.16. The van der Waals surface area contributed by atoms with Crippen molar-refractivity contribution in [1.29, 1.82) is 0 Å². The van der Waals surface area contributed by atoms with Gasteiger partial charge in [0.2, 0.25) is 0 Å². The number of rotatable bonds is 6. The van der Waals surface area contributed by atoms with Crippen LogP contribution < -0.4 is 5.32 Å². The van der Waals surface area contributed by atoms with Crippen LogP contribution >= 0.6 is 11.3 Å². The van der Waals surface area contributed by atoms with E-state index in [2.05, 4.69) is 20.4 Å². The largest absolute Gasteiger partial charge is 0.349 e. The maximum absolute atomic E-state index is 12.4. The summed E-state index contributed by atoms with van der Waals surface area (Å²) in [4.78, 5) is 28.9. The number of thiophene rings is 1. The van der Waals surface area contributed by atoms with Gasteiger partial charge in [-0.3, -0.25) is 19.6 Å². The quantitative estimate of drug-likeness (QED) is 0.655. The number of hydrogen-bond donors (Lipinski definition) is 2. The van der Waals surface area contributed by atoms with Crippen molar-refractivity contribution in [2.45, 2.75) is 0 Å². The molecule has 0 spiro atoms. The first kappa shape index (κ1) is 19.4. The van der Waals surface area contributed by atoms with Crippen LogP contribution in [0.15, 0.2) is 53.2 Å². The zero-order valence-corrected chi connectivity index (χ0v) is 16.8. The average Bonchev–Trinajstić information content (AvgIpc) is 3.47. The number of nitrogens with one attached hydrogen (secondary N) is 2. The predicted octanol–water partition coefficient (Wildman–Crippen LogP) is 2.33. The van der Waals surface area contributed by atoms with E-state index in [1.807, 2.05) is 52.1 Å². The summed E-state index contributed by atoms with van der Waals surface area (Å²) in [6.45, 7) is 4.36. The Kier molecular flexibility index (Phi) is 6.02. The van der Waals surface area contributed by atoms with Crippen LogP contribution in [0.25, 0.3) is 11.3 Å². The van der Waals surface area contributed by atoms with Gasteiger partial charge in [0.05, 0.1) is 11.3 Å². The molecule has 8 heteroatoms. The fraction of sp³-hybridized carbons (Fsp3) is 0.286. The molecular weight excluding hydrogens is 386 g/mol. The summed E-state index contributed by atoms with van der Waals surface area (Å²) in [5.74, 6) is -0.0568. The van der Waals surface area contributed by atoms with E-state index in [1.165, 1.54) is 11.3 Å². The van der Waals surface area contributed by atoms with Crippen LogP contribution in [0.4, 0.5) is 0 Å². The fourth-order valence-corrected chi connectivity index (χ4v) is 3.99. The normalized spacial score (nSPS) is 14.7. The lowest BCUT2D eigenvalue weighted by atomic mass is 10.1. The summed E-state index contributed by atoms with van der Waals surface area (Å²) in [6.07, 6.45) is 0. The van der Waals surface area contributed by atoms with E-state index in [1.54, 1.807) is 6.07 Å². The summed E-state index contributed by atoms with van der Waals surface area (Å²) in [5, 5.41) is 13.8. The third-order valence-electron chi connectivity index (χ3n) is 5.03. The molecule has 0 aliphatic carbocycles. The number of carbonyl (C=O) groups excluding carboxylic acids is 2. The van der Waals surface area contributed by atoms with Gasteiger partial charge in [0, 0.05) is 50.2 Å². The number of hydrogen-bond acceptors (Lipinski definition) is 5. The topological polar surface area (TPSA) is 81.3 Å². The van der Waals surface area contributed by atoms with Gasteiger partial charge in [0.15, 0.2) is 0 Å². The Morgan fingerprint density at radius 2 is 1.90 bits per heavy atom. The van der Waals surface area contributed by atoms with Gasteiger partial charge in [-0.25, -0.2) is 0 Å². The van der Waals surface area contributed by atoms with E-state index < -0.39 is 0 Å². The molecule has 0 unspecified atom stereocenters. The molecule has 2 aromatic heterocycles. The SMILES string of the molecule is O=C(NCCN1CCN(C(=O)c2ccsc2)CC1)c1cc(-c2ccccc2)n[nH]1. The van der Waals surface area contributed by atoms with Crippen LogP contribution in [0.3, 0.4) is 0 Å². The molecule has 1 fully saturated rings. The van der Waals surface area contributed by atoms with Crippen molar-refractivity contribution < 1.29 is 9.59 Å². The summed E-state index contributed by atoms with van der Waals surface area (Å²) in [6, 6.07) is 13.4. The van der Waals surface area contributed by atoms with E-state index >= 15 is 0 Å². The van der Waals surface area contributed by atoms with Gasteiger partial charge in [0.1, 0.15) is 5.69 Å². The Morgan fingerprint density at radius 3 is 2.62 bits per heavy atom. The summed E-state index contributed by atoms with van der Waals surface area (Å²) in [5.41, 5.74) is 2.94. The molecule has 4 rings (SSSR count). The molecule has 1 aromatic carbocycles. The minimum absolute atomic E-state index is 0.104. The van der Waals surface area contributed by atoms with E-state index in [9.17, 15) is 9.59 Å². The minimum Gasteiger partial charge on any atom is -0.349 e. The van der Waals surface area contributed by atoms with E-state index in [-0.39, 0.29) is 11.8 Å². The smallest absolute Gasteiger partial charge is 0.269 e. The third kappa shape index (κ3) is 4.72. The molecule has 1 aliphatic heterocycles. The Morgan fingerprint density at radius 1 is 1.10 bits per heavy atom. The van der Waals surface area contributed by atoms with Crippen LogP contribution in [0.2, 0.25) is 0 Å². The fourth-order valence-electron chi connectivity index (χ4n) is 3.36. The number of aromatic amines is 1. The van der Waals surface area contributed by atoms with Crippen molar-refractivity contribution >= 4 is 23.2 Å². The molecule has 1 saturated heterocycles. The molecule has 2 amide bonds. The second-order valence-corrected chi connectivity index (χ2v) is 7.71. The van der Waals surface area contributed by atoms with Crippen LogP contribution in [-0.4, -0.2) is 71.1 Å². The number of nitrogens with zero attached hydrogens (tertiary/aromatic N) is 3. The molecule has 1 aliphatic rings. The predicted molar refractivity (Wildman–Crippen MR) is 113 cm³/mol. The van der Waals surface area contributed by atoms with E-state index in [4.69, 9.17) is 0 Å². The number of benzene rings is 1. The number of carbonyl (C=O) groups is 2. The molecule has 7 nitrogen and oxygen atoms in total. The van der Waals surface area contributed by atoms with Crippen LogP contribution in [0, 0.1) is 0 Å². The highest BCUT2D eigenvalue weighted by Gasteiger charge is 2.22. The first-order valence-electron chi connectivity index (χ1n) is 9.63. The minimum atomic E-state index is -0.161. The van der Waals surface area contributed by atoms with Crippen molar-refractivity contribution in [3.8, 4) is 11.3 Å². The van der Waals surface area contributed by atoms with E-state index in [0.29, 0.717) is 25.3 Å². The summed E-state index contributed by atoms with van der Waals surface area (Å²) < 4.78 is 0. The summed E-state index contributed by atoms with van der Waals surface area (Å²) >= 11 is 1.54. The number of aromatic nitrogens is 2. The highest BCUT2D eigenvalue weighted by molar-refractivity contribution is 7.08. The molecular formula is C21H23N5O2S. The molecule has 150 valence electrons. The van der Waals surface area contributed by atoms with Crippen LogP contribution in [-0.2, 0) is 0 Å². The molecule has 2 N–H and O–H groups in total. The van der Waals surface area contributed by atoms with Crippen LogP contribution in [0.1, 0.15) is 20.8 Å². The maximum Gasteiger partial charge on any atom is 0.269 e. The molecule has 3 heterocycles. The van der Waals surface area contributed by atoms with Gasteiger partial charge >= 0.3 is 0 Å². The second kappa shape index (κ2) is 9.02. The van der Waals surface area contributed by atoms with Gasteiger partial charge in [-0.15, -0.1) is 0 Å². The summed E-state index contributed by atoms with van der Waals surface area (Å²) in [7, 11) is 0. The second-order valence-electron chi connectivity index (χ2n) is 6.93. The lowest BCUT2D eigenvalue weighted by Gasteiger charge is -2.34. The van der Waals surface area contributed by atoms with Gasteiger partial charge in [-0.1, -0.05) is 30.3 Å². The third-order valence-corrected chi connectivity index (χ3v) is 5.72. The van der Waals surface area contributed by atoms with Crippen molar-refractivity contribution in [2.75, 3.05) is 39.3 Å². The molecule has 29 heavy (non-hydrogen) atoms. The Labute approximate surface area is 173 Å².